The Kier molecular flexibility index (Phi) is 3.07. The van der Waals surface area contributed by atoms with Gasteiger partial charge in [0.05, 0.1) is 5.69 Å². The van der Waals surface area contributed by atoms with Gasteiger partial charge in [-0.25, -0.2) is 9.50 Å². The zero-order valence-electron chi connectivity index (χ0n) is 11.5. The van der Waals surface area contributed by atoms with E-state index in [2.05, 4.69) is 15.4 Å². The number of carbonyl (C=O) groups is 1. The maximum Gasteiger partial charge on any atom is 0.257 e. The average Bonchev–Trinajstić information content (AvgIpc) is 2.63. The van der Waals surface area contributed by atoms with Crippen molar-refractivity contribution in [2.24, 2.45) is 0 Å². The lowest BCUT2D eigenvalue weighted by Gasteiger charge is -2.07. The lowest BCUT2D eigenvalue weighted by molar-refractivity contribution is 0.0956. The Hall–Kier alpha value is -1.91. The van der Waals surface area contributed by atoms with Gasteiger partial charge >= 0.3 is 0 Å². The van der Waals surface area contributed by atoms with Gasteiger partial charge < -0.3 is 5.32 Å². The fourth-order valence-electron chi connectivity index (χ4n) is 2.03. The van der Waals surface area contributed by atoms with Crippen LogP contribution in [0.1, 0.15) is 39.9 Å². The normalized spacial score (nSPS) is 10.9. The van der Waals surface area contributed by atoms with E-state index in [1.54, 1.807) is 4.52 Å². The first-order valence-electron chi connectivity index (χ1n) is 6.08. The number of nitrogens with zero attached hydrogens (tertiary/aromatic N) is 3. The molecule has 96 valence electrons. The van der Waals surface area contributed by atoms with Gasteiger partial charge in [-0.3, -0.25) is 4.79 Å². The van der Waals surface area contributed by atoms with Gasteiger partial charge in [0.1, 0.15) is 5.56 Å². The van der Waals surface area contributed by atoms with E-state index in [-0.39, 0.29) is 5.91 Å². The first-order valence-corrected chi connectivity index (χ1v) is 6.08. The molecular formula is C13H18N4O. The second-order valence-corrected chi connectivity index (χ2v) is 4.46. The highest BCUT2D eigenvalue weighted by molar-refractivity contribution is 6.01. The van der Waals surface area contributed by atoms with Gasteiger partial charge in [-0.05, 0) is 40.2 Å². The van der Waals surface area contributed by atoms with Crippen molar-refractivity contribution in [1.29, 1.82) is 0 Å². The Bertz CT molecular complexity index is 628. The fourth-order valence-corrected chi connectivity index (χ4v) is 2.03. The molecule has 0 aromatic carbocycles. The number of nitrogens with one attached hydrogen (secondary N) is 1. The smallest absolute Gasteiger partial charge is 0.257 e. The van der Waals surface area contributed by atoms with Crippen molar-refractivity contribution < 1.29 is 4.79 Å². The largest absolute Gasteiger partial charge is 0.352 e. The Morgan fingerprint density at radius 2 is 1.89 bits per heavy atom. The van der Waals surface area contributed by atoms with Crippen LogP contribution in [0.25, 0.3) is 5.65 Å². The van der Waals surface area contributed by atoms with Crippen molar-refractivity contribution in [3.8, 4) is 0 Å². The molecule has 0 saturated heterocycles. The number of aryl methyl sites for hydroxylation is 3. The quantitative estimate of drug-likeness (QED) is 0.877. The third kappa shape index (κ3) is 1.75. The summed E-state index contributed by atoms with van der Waals surface area (Å²) in [6.07, 6.45) is 0. The second-order valence-electron chi connectivity index (χ2n) is 4.46. The molecule has 0 fully saturated rings. The average molecular weight is 246 g/mol. The second kappa shape index (κ2) is 4.40. The summed E-state index contributed by atoms with van der Waals surface area (Å²) in [4.78, 5) is 16.5. The van der Waals surface area contributed by atoms with E-state index in [9.17, 15) is 4.79 Å². The molecule has 2 heterocycles. The molecule has 0 bridgehead atoms. The molecule has 2 aromatic rings. The summed E-state index contributed by atoms with van der Waals surface area (Å²) >= 11 is 0. The number of hydrogen-bond donors (Lipinski definition) is 1. The van der Waals surface area contributed by atoms with Crippen LogP contribution in [0.5, 0.6) is 0 Å². The molecule has 2 rings (SSSR count). The van der Waals surface area contributed by atoms with Crippen LogP contribution in [0.4, 0.5) is 0 Å². The summed E-state index contributed by atoms with van der Waals surface area (Å²) in [6, 6.07) is 0. The predicted molar refractivity (Wildman–Crippen MR) is 69.9 cm³/mol. The standard InChI is InChI=1S/C13H18N4O/c1-6-14-13(18)11-9(4)16-17-10(5)7(2)8(3)15-12(11)17/h6H2,1-5H3,(H,14,18). The number of amides is 1. The van der Waals surface area contributed by atoms with Crippen LogP contribution < -0.4 is 5.32 Å². The maximum absolute atomic E-state index is 12.0. The summed E-state index contributed by atoms with van der Waals surface area (Å²) in [7, 11) is 0. The zero-order valence-corrected chi connectivity index (χ0v) is 11.5. The summed E-state index contributed by atoms with van der Waals surface area (Å²) in [5.41, 5.74) is 4.98. The molecule has 0 saturated carbocycles. The van der Waals surface area contributed by atoms with E-state index >= 15 is 0 Å². The molecule has 0 spiro atoms. The molecule has 0 radical (unpaired) electrons. The minimum atomic E-state index is -0.111. The highest BCUT2D eigenvalue weighted by atomic mass is 16.1. The van der Waals surface area contributed by atoms with Crippen LogP contribution in [0.3, 0.4) is 0 Å². The molecule has 18 heavy (non-hydrogen) atoms. The van der Waals surface area contributed by atoms with Crippen LogP contribution in [0, 0.1) is 27.7 Å². The Balaban J connectivity index is 2.76. The van der Waals surface area contributed by atoms with Gasteiger partial charge in [-0.2, -0.15) is 5.10 Å². The van der Waals surface area contributed by atoms with E-state index in [0.29, 0.717) is 23.4 Å². The van der Waals surface area contributed by atoms with Gasteiger partial charge in [0.25, 0.3) is 5.91 Å². The molecule has 0 aliphatic carbocycles. The Morgan fingerprint density at radius 3 is 2.50 bits per heavy atom. The van der Waals surface area contributed by atoms with Gasteiger partial charge in [-0.15, -0.1) is 0 Å². The molecule has 0 unspecified atom stereocenters. The number of hydrogen-bond acceptors (Lipinski definition) is 3. The van der Waals surface area contributed by atoms with E-state index in [1.807, 2.05) is 34.6 Å². The molecule has 2 aromatic heterocycles. The molecule has 0 aliphatic rings. The Labute approximate surface area is 106 Å². The summed E-state index contributed by atoms with van der Waals surface area (Å²) < 4.78 is 1.75. The van der Waals surface area contributed by atoms with E-state index < -0.39 is 0 Å². The van der Waals surface area contributed by atoms with Crippen molar-refractivity contribution >= 4 is 11.6 Å². The summed E-state index contributed by atoms with van der Waals surface area (Å²) in [6.45, 7) is 10.3. The van der Waals surface area contributed by atoms with Crippen LogP contribution in [-0.4, -0.2) is 27.0 Å². The van der Waals surface area contributed by atoms with Crippen molar-refractivity contribution in [2.75, 3.05) is 6.54 Å². The lowest BCUT2D eigenvalue weighted by atomic mass is 10.2. The number of rotatable bonds is 2. The van der Waals surface area contributed by atoms with Gasteiger partial charge in [-0.1, -0.05) is 0 Å². The highest BCUT2D eigenvalue weighted by Gasteiger charge is 2.19. The Morgan fingerprint density at radius 1 is 1.22 bits per heavy atom. The first kappa shape index (κ1) is 12.5. The van der Waals surface area contributed by atoms with Crippen LogP contribution in [-0.2, 0) is 0 Å². The van der Waals surface area contributed by atoms with Gasteiger partial charge in [0.15, 0.2) is 5.65 Å². The van der Waals surface area contributed by atoms with Crippen molar-refractivity contribution in [2.45, 2.75) is 34.6 Å². The van der Waals surface area contributed by atoms with Crippen molar-refractivity contribution in [3.05, 3.63) is 28.2 Å². The third-order valence-corrected chi connectivity index (χ3v) is 3.28. The zero-order chi connectivity index (χ0) is 13.4. The third-order valence-electron chi connectivity index (χ3n) is 3.28. The van der Waals surface area contributed by atoms with E-state index in [1.165, 1.54) is 0 Å². The topological polar surface area (TPSA) is 59.3 Å². The van der Waals surface area contributed by atoms with Crippen molar-refractivity contribution in [1.82, 2.24) is 19.9 Å². The minimum Gasteiger partial charge on any atom is -0.352 e. The van der Waals surface area contributed by atoms with E-state index in [4.69, 9.17) is 0 Å². The minimum absolute atomic E-state index is 0.111. The highest BCUT2D eigenvalue weighted by Crippen LogP contribution is 2.18. The fraction of sp³-hybridized carbons (Fsp3) is 0.462. The van der Waals surface area contributed by atoms with Crippen LogP contribution >= 0.6 is 0 Å². The first-order chi connectivity index (χ1) is 8.47. The van der Waals surface area contributed by atoms with E-state index in [0.717, 1.165) is 17.0 Å². The molecule has 0 atom stereocenters. The number of aromatic nitrogens is 3. The van der Waals surface area contributed by atoms with Gasteiger partial charge in [0, 0.05) is 17.9 Å². The monoisotopic (exact) mass is 246 g/mol. The van der Waals surface area contributed by atoms with Crippen molar-refractivity contribution in [3.63, 3.8) is 0 Å². The molecular weight excluding hydrogens is 228 g/mol. The SMILES string of the molecule is CCNC(=O)c1c(C)nn2c(C)c(C)c(C)nc12. The van der Waals surface area contributed by atoms with Gasteiger partial charge in [0.2, 0.25) is 0 Å². The number of carbonyl (C=O) groups excluding carboxylic acids is 1. The maximum atomic E-state index is 12.0. The van der Waals surface area contributed by atoms with Crippen LogP contribution in [0.2, 0.25) is 0 Å². The number of fused-ring (bicyclic) bond motifs is 1. The molecule has 0 aliphatic heterocycles. The molecule has 5 nitrogen and oxygen atoms in total. The molecule has 1 N–H and O–H groups in total. The molecule has 1 amide bonds. The molecule has 5 heteroatoms. The lowest BCUT2D eigenvalue weighted by Crippen LogP contribution is -2.23. The summed E-state index contributed by atoms with van der Waals surface area (Å²) in [5.74, 6) is -0.111. The predicted octanol–water partition coefficient (Wildman–Crippen LogP) is 1.71. The summed E-state index contributed by atoms with van der Waals surface area (Å²) in [5, 5.41) is 7.21. The van der Waals surface area contributed by atoms with Crippen LogP contribution in [0.15, 0.2) is 0 Å².